The van der Waals surface area contributed by atoms with Crippen LogP contribution in [0.25, 0.3) is 0 Å². The van der Waals surface area contributed by atoms with Crippen LogP contribution in [0.2, 0.25) is 0 Å². The van der Waals surface area contributed by atoms with Crippen molar-refractivity contribution in [2.75, 3.05) is 0 Å². The van der Waals surface area contributed by atoms with E-state index in [1.807, 2.05) is 31.2 Å². The second kappa shape index (κ2) is 6.72. The number of carbonyl (C=O) groups is 2. The molecule has 1 amide bonds. The summed E-state index contributed by atoms with van der Waals surface area (Å²) < 4.78 is 0. The van der Waals surface area contributed by atoms with Gasteiger partial charge in [0.05, 0.1) is 6.04 Å². The van der Waals surface area contributed by atoms with Gasteiger partial charge in [0.1, 0.15) is 6.04 Å². The maximum absolute atomic E-state index is 12.5. The summed E-state index contributed by atoms with van der Waals surface area (Å²) in [6.07, 6.45) is 2.78. The molecule has 0 spiro atoms. The number of hydrogen-bond acceptors (Lipinski definition) is 3. The van der Waals surface area contributed by atoms with Gasteiger partial charge in [0.25, 0.3) is 0 Å². The van der Waals surface area contributed by atoms with Crippen molar-refractivity contribution < 1.29 is 14.7 Å². The van der Waals surface area contributed by atoms with Gasteiger partial charge in [-0.05, 0) is 17.5 Å². The van der Waals surface area contributed by atoms with Gasteiger partial charge in [-0.1, -0.05) is 44.0 Å². The molecule has 1 aliphatic heterocycles. The van der Waals surface area contributed by atoms with Crippen molar-refractivity contribution in [2.24, 2.45) is 5.73 Å². The lowest BCUT2D eigenvalue weighted by atomic mass is 9.93. The minimum Gasteiger partial charge on any atom is -0.480 e. The molecule has 1 aromatic rings. The first-order valence-electron chi connectivity index (χ1n) is 7.40. The van der Waals surface area contributed by atoms with Crippen LogP contribution in [0, 0.1) is 0 Å². The van der Waals surface area contributed by atoms with E-state index in [1.54, 1.807) is 0 Å². The summed E-state index contributed by atoms with van der Waals surface area (Å²) in [4.78, 5) is 25.4. The first-order chi connectivity index (χ1) is 10.0. The zero-order valence-electron chi connectivity index (χ0n) is 12.3. The van der Waals surface area contributed by atoms with Crippen LogP contribution in [0.5, 0.6) is 0 Å². The van der Waals surface area contributed by atoms with Gasteiger partial charge in [-0.3, -0.25) is 4.79 Å². The van der Waals surface area contributed by atoms with Gasteiger partial charge in [0.15, 0.2) is 0 Å². The molecule has 1 unspecified atom stereocenters. The lowest BCUT2D eigenvalue weighted by Gasteiger charge is -2.36. The number of carboxylic acids is 1. The van der Waals surface area contributed by atoms with Gasteiger partial charge < -0.3 is 15.7 Å². The van der Waals surface area contributed by atoms with Crippen molar-refractivity contribution in [1.82, 2.24) is 4.90 Å². The normalized spacial score (nSPS) is 19.0. The molecule has 1 aliphatic rings. The highest BCUT2D eigenvalue weighted by Gasteiger charge is 2.36. The number of amides is 1. The van der Waals surface area contributed by atoms with Gasteiger partial charge in [-0.25, -0.2) is 4.79 Å². The molecule has 114 valence electrons. The summed E-state index contributed by atoms with van der Waals surface area (Å²) in [5.74, 6) is -1.23. The third-order valence-corrected chi connectivity index (χ3v) is 4.00. The van der Waals surface area contributed by atoms with Crippen molar-refractivity contribution in [3.63, 3.8) is 0 Å². The number of nitrogens with two attached hydrogens (primary N) is 1. The van der Waals surface area contributed by atoms with Crippen LogP contribution < -0.4 is 5.73 Å². The number of aliphatic carboxylic acids is 1. The topological polar surface area (TPSA) is 83.6 Å². The number of carbonyl (C=O) groups excluding carboxylic acids is 1. The fourth-order valence-corrected chi connectivity index (χ4v) is 2.74. The quantitative estimate of drug-likeness (QED) is 0.861. The van der Waals surface area contributed by atoms with E-state index in [-0.39, 0.29) is 5.91 Å². The Balaban J connectivity index is 2.20. The Hall–Kier alpha value is -1.88. The van der Waals surface area contributed by atoms with Crippen LogP contribution in [0.1, 0.15) is 37.3 Å². The second-order valence-corrected chi connectivity index (χ2v) is 5.54. The minimum atomic E-state index is -0.972. The Morgan fingerprint density at radius 2 is 2.05 bits per heavy atom. The molecular formula is C16H22N2O3. The Bertz CT molecular complexity index is 530. The molecule has 0 bridgehead atoms. The fourth-order valence-electron chi connectivity index (χ4n) is 2.74. The number of nitrogens with zero attached hydrogens (tertiary/aromatic N) is 1. The number of benzene rings is 1. The van der Waals surface area contributed by atoms with Crippen LogP contribution in [0.3, 0.4) is 0 Å². The SMILES string of the molecule is CCCCC(N)C(=O)N1Cc2ccccc2C[C@@H]1C(=O)O. The summed E-state index contributed by atoms with van der Waals surface area (Å²) in [6.45, 7) is 2.36. The van der Waals surface area contributed by atoms with E-state index in [0.29, 0.717) is 19.4 Å². The number of unbranched alkanes of at least 4 members (excludes halogenated alkanes) is 1. The van der Waals surface area contributed by atoms with Crippen LogP contribution in [-0.4, -0.2) is 34.0 Å². The standard InChI is InChI=1S/C16H22N2O3/c1-2-3-8-13(17)15(19)18-10-12-7-5-4-6-11(12)9-14(18)16(20)21/h4-7,13-14H,2-3,8-10,17H2,1H3,(H,20,21)/t13?,14-/m1/s1. The predicted molar refractivity (Wildman–Crippen MR) is 79.6 cm³/mol. The molecule has 2 atom stereocenters. The smallest absolute Gasteiger partial charge is 0.326 e. The van der Waals surface area contributed by atoms with E-state index in [4.69, 9.17) is 5.73 Å². The lowest BCUT2D eigenvalue weighted by molar-refractivity contribution is -0.152. The summed E-state index contributed by atoms with van der Waals surface area (Å²) in [5, 5.41) is 9.41. The van der Waals surface area contributed by atoms with E-state index in [0.717, 1.165) is 24.0 Å². The van der Waals surface area contributed by atoms with Gasteiger partial charge in [-0.15, -0.1) is 0 Å². The van der Waals surface area contributed by atoms with Gasteiger partial charge >= 0.3 is 5.97 Å². The van der Waals surface area contributed by atoms with E-state index >= 15 is 0 Å². The molecule has 2 rings (SSSR count). The van der Waals surface area contributed by atoms with E-state index < -0.39 is 18.1 Å². The summed E-state index contributed by atoms with van der Waals surface area (Å²) >= 11 is 0. The largest absolute Gasteiger partial charge is 0.480 e. The molecule has 5 nitrogen and oxygen atoms in total. The van der Waals surface area contributed by atoms with Gasteiger partial charge in [0.2, 0.25) is 5.91 Å². The molecule has 0 aromatic heterocycles. The van der Waals surface area contributed by atoms with E-state index in [2.05, 4.69) is 0 Å². The van der Waals surface area contributed by atoms with E-state index in [9.17, 15) is 14.7 Å². The molecule has 3 N–H and O–H groups in total. The summed E-state index contributed by atoms with van der Waals surface area (Å²) in [6, 6.07) is 6.22. The first kappa shape index (κ1) is 15.5. The zero-order valence-corrected chi connectivity index (χ0v) is 12.3. The number of fused-ring (bicyclic) bond motifs is 1. The van der Waals surface area contributed by atoms with Crippen molar-refractivity contribution in [2.45, 2.75) is 51.2 Å². The molecule has 0 aliphatic carbocycles. The number of carboxylic acid groups (broad SMARTS) is 1. The Kier molecular flexibility index (Phi) is 4.96. The highest BCUT2D eigenvalue weighted by atomic mass is 16.4. The van der Waals surface area contributed by atoms with Crippen molar-refractivity contribution in [3.8, 4) is 0 Å². The Labute approximate surface area is 124 Å². The molecular weight excluding hydrogens is 268 g/mol. The molecule has 0 saturated heterocycles. The lowest BCUT2D eigenvalue weighted by Crippen LogP contribution is -2.53. The van der Waals surface area contributed by atoms with Crippen LogP contribution in [0.4, 0.5) is 0 Å². The molecule has 5 heteroatoms. The van der Waals surface area contributed by atoms with Gasteiger partial charge in [-0.2, -0.15) is 0 Å². The predicted octanol–water partition coefficient (Wildman–Crippen LogP) is 1.54. The molecule has 0 fully saturated rings. The molecule has 1 aromatic carbocycles. The zero-order chi connectivity index (χ0) is 15.4. The molecule has 0 radical (unpaired) electrons. The summed E-state index contributed by atoms with van der Waals surface area (Å²) in [5.41, 5.74) is 7.93. The third kappa shape index (κ3) is 3.42. The molecule has 1 heterocycles. The van der Waals surface area contributed by atoms with Crippen LogP contribution in [-0.2, 0) is 22.6 Å². The second-order valence-electron chi connectivity index (χ2n) is 5.54. The fraction of sp³-hybridized carbons (Fsp3) is 0.500. The molecule has 0 saturated carbocycles. The van der Waals surface area contributed by atoms with Crippen LogP contribution in [0.15, 0.2) is 24.3 Å². The maximum atomic E-state index is 12.5. The highest BCUT2D eigenvalue weighted by Crippen LogP contribution is 2.24. The third-order valence-electron chi connectivity index (χ3n) is 4.00. The average Bonchev–Trinajstić information content (AvgIpc) is 2.50. The minimum absolute atomic E-state index is 0.259. The number of rotatable bonds is 5. The first-order valence-corrected chi connectivity index (χ1v) is 7.40. The maximum Gasteiger partial charge on any atom is 0.326 e. The average molecular weight is 290 g/mol. The van der Waals surface area contributed by atoms with Gasteiger partial charge in [0, 0.05) is 13.0 Å². The summed E-state index contributed by atoms with van der Waals surface area (Å²) in [7, 11) is 0. The van der Waals surface area contributed by atoms with Crippen molar-refractivity contribution >= 4 is 11.9 Å². The van der Waals surface area contributed by atoms with Crippen molar-refractivity contribution in [3.05, 3.63) is 35.4 Å². The number of hydrogen-bond donors (Lipinski definition) is 2. The Morgan fingerprint density at radius 3 is 2.67 bits per heavy atom. The van der Waals surface area contributed by atoms with E-state index in [1.165, 1.54) is 4.90 Å². The molecule has 21 heavy (non-hydrogen) atoms. The monoisotopic (exact) mass is 290 g/mol. The highest BCUT2D eigenvalue weighted by molar-refractivity contribution is 5.87. The Morgan fingerprint density at radius 1 is 1.38 bits per heavy atom. The van der Waals surface area contributed by atoms with Crippen LogP contribution >= 0.6 is 0 Å². The van der Waals surface area contributed by atoms with Crippen molar-refractivity contribution in [1.29, 1.82) is 0 Å².